The van der Waals surface area contributed by atoms with E-state index in [4.69, 9.17) is 0 Å². The summed E-state index contributed by atoms with van der Waals surface area (Å²) in [4.78, 5) is 29.4. The second-order valence-electron chi connectivity index (χ2n) is 10.1. The van der Waals surface area contributed by atoms with Gasteiger partial charge in [-0.05, 0) is 69.6 Å². The molecule has 1 N–H and O–H groups in total. The van der Waals surface area contributed by atoms with Crippen molar-refractivity contribution in [3.63, 3.8) is 0 Å². The van der Waals surface area contributed by atoms with E-state index in [-0.39, 0.29) is 17.9 Å². The maximum Gasteiger partial charge on any atom is 0.271 e. The molecule has 1 fully saturated rings. The third-order valence-electron chi connectivity index (χ3n) is 7.80. The molecule has 5 nitrogen and oxygen atoms in total. The van der Waals surface area contributed by atoms with Gasteiger partial charge in [-0.15, -0.1) is 0 Å². The van der Waals surface area contributed by atoms with Gasteiger partial charge in [0.1, 0.15) is 11.2 Å². The molecule has 1 atom stereocenters. The van der Waals surface area contributed by atoms with Gasteiger partial charge in [0, 0.05) is 18.3 Å². The first-order valence-electron chi connectivity index (χ1n) is 12.6. The summed E-state index contributed by atoms with van der Waals surface area (Å²) in [5.41, 5.74) is 3.25. The van der Waals surface area contributed by atoms with Crippen LogP contribution in [-0.2, 0) is 11.3 Å². The molecule has 33 heavy (non-hydrogen) atoms. The summed E-state index contributed by atoms with van der Waals surface area (Å²) in [6.45, 7) is 3.02. The van der Waals surface area contributed by atoms with E-state index in [9.17, 15) is 9.59 Å². The van der Waals surface area contributed by atoms with Crippen molar-refractivity contribution in [3.05, 3.63) is 59.8 Å². The molecule has 2 aliphatic carbocycles. The predicted molar refractivity (Wildman–Crippen MR) is 131 cm³/mol. The van der Waals surface area contributed by atoms with Crippen molar-refractivity contribution in [1.82, 2.24) is 14.8 Å². The molecule has 5 rings (SSSR count). The smallest absolute Gasteiger partial charge is 0.271 e. The maximum absolute atomic E-state index is 13.8. The van der Waals surface area contributed by atoms with Gasteiger partial charge in [0.25, 0.3) is 5.91 Å². The molecule has 2 aromatic rings. The van der Waals surface area contributed by atoms with E-state index in [1.807, 2.05) is 42.2 Å². The minimum absolute atomic E-state index is 0.0151. The molecular formula is C28H35N3O2. The van der Waals surface area contributed by atoms with Crippen LogP contribution in [0.4, 0.5) is 0 Å². The summed E-state index contributed by atoms with van der Waals surface area (Å²) < 4.78 is 2.06. The zero-order valence-corrected chi connectivity index (χ0v) is 19.7. The van der Waals surface area contributed by atoms with Crippen molar-refractivity contribution in [2.24, 2.45) is 0 Å². The summed E-state index contributed by atoms with van der Waals surface area (Å²) in [6, 6.07) is 14.3. The number of allylic oxidation sites excluding steroid dienone is 1. The summed E-state index contributed by atoms with van der Waals surface area (Å²) in [5, 5.41) is 3.30. The molecule has 2 heterocycles. The van der Waals surface area contributed by atoms with Crippen LogP contribution in [0.1, 0.15) is 75.2 Å². The molecule has 1 aromatic heterocycles. The monoisotopic (exact) mass is 445 g/mol. The van der Waals surface area contributed by atoms with Gasteiger partial charge in [-0.3, -0.25) is 9.59 Å². The van der Waals surface area contributed by atoms with Gasteiger partial charge in [0.15, 0.2) is 0 Å². The number of carbonyl (C=O) groups excluding carboxylic acids is 2. The number of nitrogens with one attached hydrogen (secondary N) is 1. The van der Waals surface area contributed by atoms with Crippen molar-refractivity contribution < 1.29 is 9.59 Å². The molecular weight excluding hydrogens is 410 g/mol. The Morgan fingerprint density at radius 1 is 1.03 bits per heavy atom. The lowest BCUT2D eigenvalue weighted by Gasteiger charge is -2.45. The lowest BCUT2D eigenvalue weighted by atomic mass is 9.92. The fourth-order valence-corrected chi connectivity index (χ4v) is 5.78. The van der Waals surface area contributed by atoms with Crippen LogP contribution in [0.25, 0.3) is 11.3 Å². The number of fused-ring (bicyclic) bond motifs is 1. The minimum Gasteiger partial charge on any atom is -0.351 e. The molecule has 0 bridgehead atoms. The second-order valence-corrected chi connectivity index (χ2v) is 10.1. The SMILES string of the molecule is C[C@]1(C(=O)NC2CCCC2)Cn2c(ccc2-c2ccccc2)C(=O)N1CCC1=CCCCC1. The molecule has 2 amide bonds. The van der Waals surface area contributed by atoms with E-state index < -0.39 is 5.54 Å². The van der Waals surface area contributed by atoms with Crippen LogP contribution in [-0.4, -0.2) is 39.4 Å². The van der Waals surface area contributed by atoms with Gasteiger partial charge in [-0.25, -0.2) is 0 Å². The van der Waals surface area contributed by atoms with Gasteiger partial charge in [0.2, 0.25) is 5.91 Å². The maximum atomic E-state index is 13.8. The van der Waals surface area contributed by atoms with Crippen molar-refractivity contribution in [3.8, 4) is 11.3 Å². The Hall–Kier alpha value is -2.82. The third-order valence-corrected chi connectivity index (χ3v) is 7.80. The van der Waals surface area contributed by atoms with Gasteiger partial charge >= 0.3 is 0 Å². The normalized spacial score (nSPS) is 23.4. The van der Waals surface area contributed by atoms with Crippen LogP contribution in [0, 0.1) is 0 Å². The molecule has 0 unspecified atom stereocenters. The number of amides is 2. The number of nitrogens with zero attached hydrogens (tertiary/aromatic N) is 2. The first-order chi connectivity index (χ1) is 16.1. The molecule has 0 radical (unpaired) electrons. The van der Waals surface area contributed by atoms with E-state index in [1.54, 1.807) is 0 Å². The van der Waals surface area contributed by atoms with Crippen LogP contribution in [0.2, 0.25) is 0 Å². The lowest BCUT2D eigenvalue weighted by Crippen LogP contribution is -2.65. The fraction of sp³-hybridized carbons (Fsp3) is 0.500. The fourth-order valence-electron chi connectivity index (χ4n) is 5.78. The second kappa shape index (κ2) is 9.20. The highest BCUT2D eigenvalue weighted by Gasteiger charge is 2.48. The largest absolute Gasteiger partial charge is 0.351 e. The van der Waals surface area contributed by atoms with Crippen molar-refractivity contribution >= 4 is 11.8 Å². The standard InChI is InChI=1S/C28H35N3O2/c1-28(27(33)29-23-14-8-9-15-23)20-30-24(22-12-6-3-7-13-22)16-17-25(30)26(32)31(28)19-18-21-10-4-2-5-11-21/h3,6-7,10,12-13,16-17,23H,2,4-5,8-9,11,14-15,18-20H2,1H3,(H,29,33)/t28-/m1/s1. The van der Waals surface area contributed by atoms with Gasteiger partial charge in [-0.2, -0.15) is 0 Å². The van der Waals surface area contributed by atoms with Crippen molar-refractivity contribution in [2.75, 3.05) is 6.54 Å². The van der Waals surface area contributed by atoms with E-state index in [0.717, 1.165) is 43.4 Å². The Balaban J connectivity index is 1.48. The molecule has 1 saturated carbocycles. The Bertz CT molecular complexity index is 1050. The summed E-state index contributed by atoms with van der Waals surface area (Å²) in [6.07, 6.45) is 12.3. The first kappa shape index (κ1) is 22.0. The topological polar surface area (TPSA) is 54.3 Å². The summed E-state index contributed by atoms with van der Waals surface area (Å²) in [5.74, 6) is -0.0531. The van der Waals surface area contributed by atoms with Gasteiger partial charge < -0.3 is 14.8 Å². The molecule has 0 spiro atoms. The van der Waals surface area contributed by atoms with Crippen LogP contribution in [0.5, 0.6) is 0 Å². The molecule has 3 aliphatic rings. The summed E-state index contributed by atoms with van der Waals surface area (Å²) in [7, 11) is 0. The number of carbonyl (C=O) groups is 2. The van der Waals surface area contributed by atoms with E-state index in [2.05, 4.69) is 28.1 Å². The van der Waals surface area contributed by atoms with Crippen LogP contribution >= 0.6 is 0 Å². The lowest BCUT2D eigenvalue weighted by molar-refractivity contribution is -0.133. The first-order valence-corrected chi connectivity index (χ1v) is 12.6. The zero-order valence-electron chi connectivity index (χ0n) is 19.7. The Labute approximate surface area is 196 Å². The highest BCUT2D eigenvalue weighted by Crippen LogP contribution is 2.34. The van der Waals surface area contributed by atoms with E-state index in [0.29, 0.717) is 18.8 Å². The zero-order chi connectivity index (χ0) is 22.8. The van der Waals surface area contributed by atoms with E-state index in [1.165, 1.54) is 31.3 Å². The molecule has 0 saturated heterocycles. The molecule has 1 aromatic carbocycles. The number of benzene rings is 1. The van der Waals surface area contributed by atoms with Crippen molar-refractivity contribution in [2.45, 2.75) is 82.8 Å². The summed E-state index contributed by atoms with van der Waals surface area (Å²) >= 11 is 0. The quantitative estimate of drug-likeness (QED) is 0.612. The number of aromatic nitrogens is 1. The number of hydrogen-bond donors (Lipinski definition) is 1. The highest BCUT2D eigenvalue weighted by molar-refractivity contribution is 6.00. The highest BCUT2D eigenvalue weighted by atomic mass is 16.2. The third kappa shape index (κ3) is 4.25. The molecule has 5 heteroatoms. The van der Waals surface area contributed by atoms with Gasteiger partial charge in [0.05, 0.1) is 6.54 Å². The predicted octanol–water partition coefficient (Wildman–Crippen LogP) is 5.32. The minimum atomic E-state index is -0.912. The van der Waals surface area contributed by atoms with Crippen LogP contribution in [0.3, 0.4) is 0 Å². The van der Waals surface area contributed by atoms with Crippen molar-refractivity contribution in [1.29, 1.82) is 0 Å². The Kier molecular flexibility index (Phi) is 6.13. The van der Waals surface area contributed by atoms with Crippen LogP contribution < -0.4 is 5.32 Å². The van der Waals surface area contributed by atoms with Gasteiger partial charge in [-0.1, -0.05) is 54.8 Å². The van der Waals surface area contributed by atoms with Crippen LogP contribution in [0.15, 0.2) is 54.1 Å². The number of hydrogen-bond acceptors (Lipinski definition) is 2. The molecule has 1 aliphatic heterocycles. The molecule has 174 valence electrons. The van der Waals surface area contributed by atoms with E-state index >= 15 is 0 Å². The Morgan fingerprint density at radius 2 is 1.79 bits per heavy atom. The average molecular weight is 446 g/mol. The average Bonchev–Trinajstić information content (AvgIpc) is 3.50. The number of rotatable bonds is 6. The Morgan fingerprint density at radius 3 is 2.52 bits per heavy atom.